The molecule has 2 heterocycles. The van der Waals surface area contributed by atoms with Gasteiger partial charge in [0.05, 0.1) is 26.4 Å². The minimum absolute atomic E-state index is 0.244. The van der Waals surface area contributed by atoms with Crippen LogP contribution in [0.1, 0.15) is 22.7 Å². The highest BCUT2D eigenvalue weighted by molar-refractivity contribution is 7.71. The van der Waals surface area contributed by atoms with E-state index in [1.165, 1.54) is 16.7 Å². The molecule has 0 bridgehead atoms. The van der Waals surface area contributed by atoms with Crippen LogP contribution in [0.25, 0.3) is 11.4 Å². The van der Waals surface area contributed by atoms with Crippen molar-refractivity contribution >= 4 is 12.2 Å². The van der Waals surface area contributed by atoms with Gasteiger partial charge in [0.1, 0.15) is 5.75 Å². The summed E-state index contributed by atoms with van der Waals surface area (Å²) >= 11 is 6.02. The smallest absolute Gasteiger partial charge is 0.199 e. The number of ether oxygens (including phenoxy) is 1. The van der Waals surface area contributed by atoms with Crippen LogP contribution in [0.4, 0.5) is 0 Å². The zero-order valence-electron chi connectivity index (χ0n) is 23.3. The Kier molecular flexibility index (Phi) is 8.37. The fraction of sp³-hybridized carbons (Fsp3) is 0.235. The van der Waals surface area contributed by atoms with Crippen LogP contribution < -0.4 is 4.74 Å². The van der Waals surface area contributed by atoms with E-state index in [0.29, 0.717) is 13.2 Å². The third-order valence-corrected chi connectivity index (χ3v) is 8.22. The molecule has 208 valence electrons. The quantitative estimate of drug-likeness (QED) is 0.192. The highest BCUT2D eigenvalue weighted by Crippen LogP contribution is 2.30. The van der Waals surface area contributed by atoms with Crippen molar-refractivity contribution in [1.82, 2.24) is 24.1 Å². The van der Waals surface area contributed by atoms with E-state index < -0.39 is 0 Å². The van der Waals surface area contributed by atoms with Gasteiger partial charge in [0.2, 0.25) is 0 Å². The molecule has 0 aliphatic carbocycles. The summed E-state index contributed by atoms with van der Waals surface area (Å²) in [6.07, 6.45) is 0. The highest BCUT2D eigenvalue weighted by Gasteiger charge is 2.27. The van der Waals surface area contributed by atoms with E-state index in [2.05, 4.69) is 99.3 Å². The lowest BCUT2D eigenvalue weighted by atomic mass is 9.96. The van der Waals surface area contributed by atoms with Crippen LogP contribution in [-0.2, 0) is 13.2 Å². The van der Waals surface area contributed by atoms with E-state index in [1.807, 2.05) is 35.0 Å². The van der Waals surface area contributed by atoms with Crippen LogP contribution in [0, 0.1) is 4.77 Å². The van der Waals surface area contributed by atoms with E-state index in [0.717, 1.165) is 48.1 Å². The molecule has 0 amide bonds. The Morgan fingerprint density at radius 2 is 1.29 bits per heavy atom. The normalized spacial score (nSPS) is 14.4. The number of hydrogen-bond acceptors (Lipinski definition) is 5. The number of benzene rings is 4. The van der Waals surface area contributed by atoms with Gasteiger partial charge in [-0.1, -0.05) is 91.0 Å². The molecule has 1 aliphatic heterocycles. The maximum atomic E-state index is 6.02. The van der Waals surface area contributed by atoms with Crippen molar-refractivity contribution in [2.75, 3.05) is 33.3 Å². The van der Waals surface area contributed by atoms with Crippen LogP contribution in [-0.4, -0.2) is 57.4 Å². The largest absolute Gasteiger partial charge is 0.497 e. The lowest BCUT2D eigenvalue weighted by Gasteiger charge is -2.39. The first-order valence-corrected chi connectivity index (χ1v) is 14.5. The molecule has 0 spiro atoms. The lowest BCUT2D eigenvalue weighted by Crippen LogP contribution is -2.48. The third kappa shape index (κ3) is 6.17. The minimum Gasteiger partial charge on any atom is -0.497 e. The van der Waals surface area contributed by atoms with Crippen molar-refractivity contribution < 1.29 is 4.74 Å². The summed E-state index contributed by atoms with van der Waals surface area (Å²) in [7, 11) is 1.68. The van der Waals surface area contributed by atoms with Gasteiger partial charge in [-0.05, 0) is 53.2 Å². The number of nitrogens with zero attached hydrogens (tertiary/aromatic N) is 5. The second-order valence-electron chi connectivity index (χ2n) is 10.4. The summed E-state index contributed by atoms with van der Waals surface area (Å²) in [6, 6.07) is 40.4. The van der Waals surface area contributed by atoms with Crippen LogP contribution in [0.3, 0.4) is 0 Å². The van der Waals surface area contributed by atoms with E-state index in [1.54, 1.807) is 7.11 Å². The molecule has 1 fully saturated rings. The molecule has 4 aromatic carbocycles. The summed E-state index contributed by atoms with van der Waals surface area (Å²) in [6.45, 7) is 5.17. The molecule has 0 N–H and O–H groups in total. The molecule has 0 atom stereocenters. The second-order valence-corrected chi connectivity index (χ2v) is 10.8. The molecule has 1 aliphatic rings. The predicted molar refractivity (Wildman–Crippen MR) is 166 cm³/mol. The summed E-state index contributed by atoms with van der Waals surface area (Å²) in [5.74, 6) is 1.69. The van der Waals surface area contributed by atoms with Crippen molar-refractivity contribution in [3.05, 3.63) is 137 Å². The third-order valence-electron chi connectivity index (χ3n) is 7.79. The molecule has 6 rings (SSSR count). The van der Waals surface area contributed by atoms with Crippen molar-refractivity contribution in [2.45, 2.75) is 19.3 Å². The van der Waals surface area contributed by atoms with E-state index in [-0.39, 0.29) is 6.04 Å². The molecule has 1 aromatic heterocycles. The van der Waals surface area contributed by atoms with Gasteiger partial charge in [0.15, 0.2) is 10.6 Å². The molecule has 0 unspecified atom stereocenters. The molecule has 0 radical (unpaired) electrons. The molecule has 7 heteroatoms. The monoisotopic (exact) mass is 561 g/mol. The van der Waals surface area contributed by atoms with Gasteiger partial charge in [-0.3, -0.25) is 14.4 Å². The Bertz CT molecular complexity index is 1550. The van der Waals surface area contributed by atoms with Crippen molar-refractivity contribution in [3.8, 4) is 17.1 Å². The molecule has 0 saturated carbocycles. The molecule has 6 nitrogen and oxygen atoms in total. The van der Waals surface area contributed by atoms with Gasteiger partial charge in [-0.15, -0.1) is 0 Å². The SMILES string of the molecule is COc1ccc(-c2nn(CN3CCN(C(c4ccccc4)c4ccccc4)CC3)c(=S)n2Cc2ccccc2)cc1. The van der Waals surface area contributed by atoms with Gasteiger partial charge < -0.3 is 4.74 Å². The highest BCUT2D eigenvalue weighted by atomic mass is 32.1. The Hall–Kier alpha value is -4.04. The molecular weight excluding hydrogens is 526 g/mol. The topological polar surface area (TPSA) is 38.5 Å². The van der Waals surface area contributed by atoms with Crippen LogP contribution >= 0.6 is 12.2 Å². The van der Waals surface area contributed by atoms with E-state index in [9.17, 15) is 0 Å². The Morgan fingerprint density at radius 3 is 1.85 bits per heavy atom. The fourth-order valence-corrected chi connectivity index (χ4v) is 5.88. The second kappa shape index (κ2) is 12.6. The first-order chi connectivity index (χ1) is 20.2. The molecular formula is C34H35N5OS. The average molecular weight is 562 g/mol. The summed E-state index contributed by atoms with van der Waals surface area (Å²) < 4.78 is 10.2. The zero-order valence-corrected chi connectivity index (χ0v) is 24.2. The van der Waals surface area contributed by atoms with E-state index in [4.69, 9.17) is 22.1 Å². The molecule has 41 heavy (non-hydrogen) atoms. The van der Waals surface area contributed by atoms with Gasteiger partial charge in [-0.25, -0.2) is 4.68 Å². The van der Waals surface area contributed by atoms with Gasteiger partial charge in [0, 0.05) is 31.7 Å². The fourth-order valence-electron chi connectivity index (χ4n) is 5.63. The lowest BCUT2D eigenvalue weighted by molar-refractivity contribution is 0.0843. The number of aromatic nitrogens is 3. The minimum atomic E-state index is 0.244. The van der Waals surface area contributed by atoms with Crippen LogP contribution in [0.15, 0.2) is 115 Å². The maximum absolute atomic E-state index is 6.02. The standard InChI is InChI=1S/C34H35N5OS/c1-40-31-19-17-30(18-20-31)33-35-39(34(41)38(33)25-27-11-5-2-6-12-27)26-36-21-23-37(24-22-36)32(28-13-7-3-8-14-28)29-15-9-4-10-16-29/h2-20,32H,21-26H2,1H3. The van der Waals surface area contributed by atoms with Crippen LogP contribution in [0.5, 0.6) is 5.75 Å². The van der Waals surface area contributed by atoms with Gasteiger partial charge >= 0.3 is 0 Å². The zero-order chi connectivity index (χ0) is 28.0. The van der Waals surface area contributed by atoms with E-state index >= 15 is 0 Å². The Labute approximate surface area is 247 Å². The Balaban J connectivity index is 1.22. The predicted octanol–water partition coefficient (Wildman–Crippen LogP) is 6.50. The molecule has 1 saturated heterocycles. The van der Waals surface area contributed by atoms with Crippen molar-refractivity contribution in [3.63, 3.8) is 0 Å². The van der Waals surface area contributed by atoms with Crippen LogP contribution in [0.2, 0.25) is 0 Å². The number of hydrogen-bond donors (Lipinski definition) is 0. The number of rotatable bonds is 9. The summed E-state index contributed by atoms with van der Waals surface area (Å²) in [5.41, 5.74) is 4.88. The molecule has 5 aromatic rings. The average Bonchev–Trinajstić information content (AvgIpc) is 3.33. The first-order valence-electron chi connectivity index (χ1n) is 14.1. The van der Waals surface area contributed by atoms with Gasteiger partial charge in [-0.2, -0.15) is 5.10 Å². The maximum Gasteiger partial charge on any atom is 0.199 e. The van der Waals surface area contributed by atoms with Crippen molar-refractivity contribution in [2.24, 2.45) is 0 Å². The Morgan fingerprint density at radius 1 is 0.732 bits per heavy atom. The summed E-state index contributed by atoms with van der Waals surface area (Å²) in [5, 5.41) is 5.05. The summed E-state index contributed by atoms with van der Waals surface area (Å²) in [4.78, 5) is 5.05. The van der Waals surface area contributed by atoms with Crippen molar-refractivity contribution in [1.29, 1.82) is 0 Å². The van der Waals surface area contributed by atoms with Gasteiger partial charge in [0.25, 0.3) is 0 Å². The number of piperazine rings is 1. The number of methoxy groups -OCH3 is 1. The first kappa shape index (κ1) is 27.1.